The van der Waals surface area contributed by atoms with Gasteiger partial charge in [-0.3, -0.25) is 0 Å². The zero-order chi connectivity index (χ0) is 14.3. The van der Waals surface area contributed by atoms with Crippen LogP contribution in [-0.2, 0) is 0 Å². The molecule has 102 valence electrons. The normalized spacial score (nSPS) is 14.2. The first kappa shape index (κ1) is 12.3. The monoisotopic (exact) mass is 273 g/mol. The van der Waals surface area contributed by atoms with E-state index in [1.807, 2.05) is 0 Å². The second-order valence-corrected chi connectivity index (χ2v) is 4.67. The maximum atomic E-state index is 11.2. The van der Waals surface area contributed by atoms with E-state index in [1.165, 1.54) is 16.8 Å². The van der Waals surface area contributed by atoms with E-state index in [9.17, 15) is 9.59 Å². The standard InChI is InChI=1S/C13H11N3O4/c17-12(18)8-2-1-3-9(6-8)16-11(7-4-5-7)10(13(19)20)14-15-16/h1-3,6-7H,4-5H2,(H,17,18)(H,19,20). The van der Waals surface area contributed by atoms with E-state index in [0.29, 0.717) is 11.4 Å². The molecular formula is C13H11N3O4. The minimum Gasteiger partial charge on any atom is -0.478 e. The fourth-order valence-electron chi connectivity index (χ4n) is 2.13. The van der Waals surface area contributed by atoms with Crippen molar-refractivity contribution < 1.29 is 19.8 Å². The third-order valence-corrected chi connectivity index (χ3v) is 3.21. The number of hydrogen-bond acceptors (Lipinski definition) is 4. The van der Waals surface area contributed by atoms with Crippen LogP contribution in [0.1, 0.15) is 45.3 Å². The summed E-state index contributed by atoms with van der Waals surface area (Å²) < 4.78 is 1.42. The highest BCUT2D eigenvalue weighted by atomic mass is 16.4. The van der Waals surface area contributed by atoms with Gasteiger partial charge in [-0.2, -0.15) is 0 Å². The molecule has 20 heavy (non-hydrogen) atoms. The van der Waals surface area contributed by atoms with Crippen LogP contribution in [0.5, 0.6) is 0 Å². The molecule has 0 amide bonds. The van der Waals surface area contributed by atoms with Crippen LogP contribution >= 0.6 is 0 Å². The minimum atomic E-state index is -1.12. The molecule has 7 nitrogen and oxygen atoms in total. The van der Waals surface area contributed by atoms with Crippen LogP contribution in [-0.4, -0.2) is 37.1 Å². The van der Waals surface area contributed by atoms with Gasteiger partial charge >= 0.3 is 11.9 Å². The Bertz CT molecular complexity index is 703. The maximum absolute atomic E-state index is 11.2. The number of aromatic nitrogens is 3. The van der Waals surface area contributed by atoms with Crippen molar-refractivity contribution >= 4 is 11.9 Å². The summed E-state index contributed by atoms with van der Waals surface area (Å²) in [5, 5.41) is 25.7. The number of hydrogen-bond donors (Lipinski definition) is 2. The van der Waals surface area contributed by atoms with Crippen molar-refractivity contribution in [2.24, 2.45) is 0 Å². The smallest absolute Gasteiger partial charge is 0.358 e. The molecule has 3 rings (SSSR count). The lowest BCUT2D eigenvalue weighted by molar-refractivity contribution is 0.0681. The summed E-state index contributed by atoms with van der Waals surface area (Å²) in [6, 6.07) is 6.20. The zero-order valence-corrected chi connectivity index (χ0v) is 10.4. The van der Waals surface area contributed by atoms with Gasteiger partial charge < -0.3 is 10.2 Å². The van der Waals surface area contributed by atoms with E-state index >= 15 is 0 Å². The highest BCUT2D eigenvalue weighted by Crippen LogP contribution is 2.41. The molecule has 0 unspecified atom stereocenters. The second-order valence-electron chi connectivity index (χ2n) is 4.67. The Hall–Kier alpha value is -2.70. The predicted molar refractivity (Wildman–Crippen MR) is 67.3 cm³/mol. The van der Waals surface area contributed by atoms with Gasteiger partial charge in [-0.1, -0.05) is 11.3 Å². The molecule has 2 aromatic rings. The molecule has 1 fully saturated rings. The van der Waals surface area contributed by atoms with E-state index in [0.717, 1.165) is 12.8 Å². The van der Waals surface area contributed by atoms with Crippen molar-refractivity contribution in [3.05, 3.63) is 41.2 Å². The van der Waals surface area contributed by atoms with Gasteiger partial charge in [-0.15, -0.1) is 5.10 Å². The Morgan fingerprint density at radius 3 is 2.55 bits per heavy atom. The number of nitrogens with zero attached hydrogens (tertiary/aromatic N) is 3. The first-order valence-corrected chi connectivity index (χ1v) is 6.10. The second kappa shape index (κ2) is 4.44. The fraction of sp³-hybridized carbons (Fsp3) is 0.231. The number of benzene rings is 1. The molecule has 1 aromatic carbocycles. The molecular weight excluding hydrogens is 262 g/mol. The molecule has 0 aliphatic heterocycles. The van der Waals surface area contributed by atoms with Crippen LogP contribution in [0.2, 0.25) is 0 Å². The molecule has 0 spiro atoms. The summed E-state index contributed by atoms with van der Waals surface area (Å²) >= 11 is 0. The van der Waals surface area contributed by atoms with Gasteiger partial charge in [0.15, 0.2) is 5.69 Å². The summed E-state index contributed by atoms with van der Waals surface area (Å²) in [4.78, 5) is 22.2. The molecule has 2 N–H and O–H groups in total. The maximum Gasteiger partial charge on any atom is 0.358 e. The highest BCUT2D eigenvalue weighted by Gasteiger charge is 2.34. The lowest BCUT2D eigenvalue weighted by Gasteiger charge is -2.06. The first-order chi connectivity index (χ1) is 9.58. The molecule has 0 bridgehead atoms. The largest absolute Gasteiger partial charge is 0.478 e. The van der Waals surface area contributed by atoms with Crippen LogP contribution in [0, 0.1) is 0 Å². The molecule has 1 heterocycles. The average Bonchev–Trinajstić information content (AvgIpc) is 3.16. The summed E-state index contributed by atoms with van der Waals surface area (Å²) in [7, 11) is 0. The number of carboxylic acid groups (broad SMARTS) is 2. The molecule has 0 radical (unpaired) electrons. The minimum absolute atomic E-state index is 0.0618. The van der Waals surface area contributed by atoms with Gasteiger partial charge in [0.05, 0.1) is 16.9 Å². The number of rotatable bonds is 4. The van der Waals surface area contributed by atoms with Crippen molar-refractivity contribution in [3.8, 4) is 5.69 Å². The lowest BCUT2D eigenvalue weighted by atomic mass is 10.2. The summed E-state index contributed by atoms with van der Waals surface area (Å²) in [6.07, 6.45) is 1.79. The van der Waals surface area contributed by atoms with Crippen molar-refractivity contribution in [3.63, 3.8) is 0 Å². The van der Waals surface area contributed by atoms with Crippen LogP contribution in [0.3, 0.4) is 0 Å². The molecule has 1 aliphatic rings. The molecule has 1 saturated carbocycles. The van der Waals surface area contributed by atoms with E-state index < -0.39 is 11.9 Å². The number of carbonyl (C=O) groups is 2. The molecule has 0 atom stereocenters. The first-order valence-electron chi connectivity index (χ1n) is 6.10. The lowest BCUT2D eigenvalue weighted by Crippen LogP contribution is -2.07. The summed E-state index contributed by atoms with van der Waals surface area (Å²) in [5.74, 6) is -2.03. The Morgan fingerprint density at radius 1 is 1.20 bits per heavy atom. The quantitative estimate of drug-likeness (QED) is 0.875. The van der Waals surface area contributed by atoms with Gasteiger partial charge in [-0.05, 0) is 31.0 Å². The van der Waals surface area contributed by atoms with E-state index in [2.05, 4.69) is 10.3 Å². The van der Waals surface area contributed by atoms with Crippen molar-refractivity contribution in [1.29, 1.82) is 0 Å². The number of aromatic carboxylic acids is 2. The van der Waals surface area contributed by atoms with Crippen LogP contribution in [0.4, 0.5) is 0 Å². The topological polar surface area (TPSA) is 105 Å². The SMILES string of the molecule is O=C(O)c1cccc(-n2nnc(C(=O)O)c2C2CC2)c1. The molecule has 0 saturated heterocycles. The number of carboxylic acids is 2. The summed E-state index contributed by atoms with van der Waals surface area (Å²) in [5.41, 5.74) is 1.11. The van der Waals surface area contributed by atoms with Crippen molar-refractivity contribution in [2.45, 2.75) is 18.8 Å². The fourth-order valence-corrected chi connectivity index (χ4v) is 2.13. The van der Waals surface area contributed by atoms with Crippen LogP contribution in [0.15, 0.2) is 24.3 Å². The van der Waals surface area contributed by atoms with Gasteiger partial charge in [0, 0.05) is 5.92 Å². The van der Waals surface area contributed by atoms with Gasteiger partial charge in [0.25, 0.3) is 0 Å². The zero-order valence-electron chi connectivity index (χ0n) is 10.4. The third kappa shape index (κ3) is 2.03. The predicted octanol–water partition coefficient (Wildman–Crippen LogP) is 1.54. The van der Waals surface area contributed by atoms with Gasteiger partial charge in [0.2, 0.25) is 0 Å². The van der Waals surface area contributed by atoms with Gasteiger partial charge in [0.1, 0.15) is 0 Å². The van der Waals surface area contributed by atoms with Crippen molar-refractivity contribution in [2.75, 3.05) is 0 Å². The molecule has 1 aliphatic carbocycles. The summed E-state index contributed by atoms with van der Waals surface area (Å²) in [6.45, 7) is 0. The third-order valence-electron chi connectivity index (χ3n) is 3.21. The van der Waals surface area contributed by atoms with E-state index in [1.54, 1.807) is 12.1 Å². The molecule has 7 heteroatoms. The van der Waals surface area contributed by atoms with Crippen LogP contribution < -0.4 is 0 Å². The van der Waals surface area contributed by atoms with Gasteiger partial charge in [-0.25, -0.2) is 14.3 Å². The highest BCUT2D eigenvalue weighted by molar-refractivity contribution is 5.88. The van der Waals surface area contributed by atoms with E-state index in [4.69, 9.17) is 10.2 Å². The average molecular weight is 273 g/mol. The Balaban J connectivity index is 2.12. The van der Waals surface area contributed by atoms with Crippen LogP contribution in [0.25, 0.3) is 5.69 Å². The van der Waals surface area contributed by atoms with E-state index in [-0.39, 0.29) is 17.2 Å². The Morgan fingerprint density at radius 2 is 1.95 bits per heavy atom. The molecule has 1 aromatic heterocycles. The Kier molecular flexibility index (Phi) is 2.74. The van der Waals surface area contributed by atoms with Crippen molar-refractivity contribution in [1.82, 2.24) is 15.0 Å². The Labute approximate surface area is 113 Å².